The van der Waals surface area contributed by atoms with Crippen molar-refractivity contribution in [3.8, 4) is 5.75 Å². The van der Waals surface area contributed by atoms with Gasteiger partial charge < -0.3 is 9.84 Å². The van der Waals surface area contributed by atoms with Crippen LogP contribution in [0.1, 0.15) is 18.4 Å². The maximum atomic E-state index is 12.1. The third-order valence-corrected chi connectivity index (χ3v) is 3.17. The standard InChI is InChI=1S/C13H14F3NO3/c14-13(15,16)20-10-4-1-3-9(7-10)8-17-6-2-5-11(17)12(18)19/h1,3-4,7,11H,2,5-6,8H2,(H,18,19)/t11-/m1/s1. The van der Waals surface area contributed by atoms with E-state index >= 15 is 0 Å². The van der Waals surface area contributed by atoms with Crippen molar-refractivity contribution in [2.75, 3.05) is 6.54 Å². The number of halogens is 3. The minimum Gasteiger partial charge on any atom is -0.480 e. The highest BCUT2D eigenvalue weighted by Crippen LogP contribution is 2.25. The van der Waals surface area contributed by atoms with Crippen LogP contribution in [-0.4, -0.2) is 34.9 Å². The Kier molecular flexibility index (Phi) is 4.17. The Morgan fingerprint density at radius 2 is 2.20 bits per heavy atom. The highest BCUT2D eigenvalue weighted by Gasteiger charge is 2.32. The third kappa shape index (κ3) is 3.86. The van der Waals surface area contributed by atoms with E-state index in [1.807, 2.05) is 0 Å². The minimum atomic E-state index is -4.73. The Morgan fingerprint density at radius 1 is 1.45 bits per heavy atom. The van der Waals surface area contributed by atoms with Gasteiger partial charge in [-0.2, -0.15) is 0 Å². The lowest BCUT2D eigenvalue weighted by atomic mass is 10.1. The molecule has 0 unspecified atom stereocenters. The maximum Gasteiger partial charge on any atom is 0.573 e. The van der Waals surface area contributed by atoms with Crippen LogP contribution >= 0.6 is 0 Å². The smallest absolute Gasteiger partial charge is 0.480 e. The second kappa shape index (κ2) is 5.70. The van der Waals surface area contributed by atoms with E-state index in [9.17, 15) is 18.0 Å². The molecule has 1 aromatic carbocycles. The molecule has 1 N–H and O–H groups in total. The van der Waals surface area contributed by atoms with Crippen LogP contribution in [0.15, 0.2) is 24.3 Å². The first-order chi connectivity index (χ1) is 9.35. The summed E-state index contributed by atoms with van der Waals surface area (Å²) >= 11 is 0. The number of rotatable bonds is 4. The highest BCUT2D eigenvalue weighted by atomic mass is 19.4. The highest BCUT2D eigenvalue weighted by molar-refractivity contribution is 5.73. The molecule has 1 saturated heterocycles. The van der Waals surface area contributed by atoms with Gasteiger partial charge in [0.15, 0.2) is 0 Å². The molecule has 1 fully saturated rings. The number of likely N-dealkylation sites (tertiary alicyclic amines) is 1. The van der Waals surface area contributed by atoms with E-state index in [-0.39, 0.29) is 5.75 Å². The maximum absolute atomic E-state index is 12.1. The summed E-state index contributed by atoms with van der Waals surface area (Å²) in [5, 5.41) is 9.05. The van der Waals surface area contributed by atoms with Crippen LogP contribution in [0.3, 0.4) is 0 Å². The van der Waals surface area contributed by atoms with Gasteiger partial charge >= 0.3 is 12.3 Å². The number of hydrogen-bond acceptors (Lipinski definition) is 3. The Hall–Kier alpha value is -1.76. The Morgan fingerprint density at radius 3 is 2.85 bits per heavy atom. The van der Waals surface area contributed by atoms with Gasteiger partial charge in [-0.3, -0.25) is 9.69 Å². The molecule has 1 aromatic rings. The fourth-order valence-electron chi connectivity index (χ4n) is 2.37. The summed E-state index contributed by atoms with van der Waals surface area (Å²) in [6.45, 7) is 0.924. The first-order valence-corrected chi connectivity index (χ1v) is 6.17. The number of benzene rings is 1. The number of nitrogens with zero attached hydrogens (tertiary/aromatic N) is 1. The molecular formula is C13H14F3NO3. The Balaban J connectivity index is 2.06. The van der Waals surface area contributed by atoms with Crippen LogP contribution < -0.4 is 4.74 Å². The number of ether oxygens (including phenoxy) is 1. The molecule has 0 radical (unpaired) electrons. The van der Waals surface area contributed by atoms with Crippen LogP contribution in [0, 0.1) is 0 Å². The van der Waals surface area contributed by atoms with Gasteiger partial charge in [-0.1, -0.05) is 12.1 Å². The molecule has 1 aliphatic heterocycles. The summed E-state index contributed by atoms with van der Waals surface area (Å²) in [6, 6.07) is 5.05. The van der Waals surface area contributed by atoms with Crippen molar-refractivity contribution in [2.45, 2.75) is 31.8 Å². The molecule has 0 spiro atoms. The van der Waals surface area contributed by atoms with Crippen LogP contribution in [0.25, 0.3) is 0 Å². The van der Waals surface area contributed by atoms with Gasteiger partial charge in [0, 0.05) is 6.54 Å². The van der Waals surface area contributed by atoms with Gasteiger partial charge in [0.05, 0.1) is 0 Å². The Labute approximate surface area is 113 Å². The summed E-state index contributed by atoms with van der Waals surface area (Å²) in [7, 11) is 0. The lowest BCUT2D eigenvalue weighted by Gasteiger charge is -2.21. The second-order valence-electron chi connectivity index (χ2n) is 4.66. The summed E-state index contributed by atoms with van der Waals surface area (Å²) in [4.78, 5) is 12.8. The number of hydrogen-bond donors (Lipinski definition) is 1. The van der Waals surface area contributed by atoms with Crippen LogP contribution in [0.2, 0.25) is 0 Å². The van der Waals surface area contributed by atoms with Crippen molar-refractivity contribution in [3.05, 3.63) is 29.8 Å². The summed E-state index contributed by atoms with van der Waals surface area (Å²) in [5.41, 5.74) is 0.597. The molecule has 1 aliphatic rings. The SMILES string of the molecule is O=C(O)[C@H]1CCCN1Cc1cccc(OC(F)(F)F)c1. The topological polar surface area (TPSA) is 49.8 Å². The number of aliphatic carboxylic acids is 1. The monoisotopic (exact) mass is 289 g/mol. The Bertz CT molecular complexity index is 490. The van der Waals surface area contributed by atoms with Gasteiger partial charge in [-0.25, -0.2) is 0 Å². The van der Waals surface area contributed by atoms with Crippen molar-refractivity contribution in [3.63, 3.8) is 0 Å². The first-order valence-electron chi connectivity index (χ1n) is 6.17. The fourth-order valence-corrected chi connectivity index (χ4v) is 2.37. The van der Waals surface area contributed by atoms with Crippen LogP contribution in [-0.2, 0) is 11.3 Å². The largest absolute Gasteiger partial charge is 0.573 e. The molecule has 0 amide bonds. The van der Waals surface area contributed by atoms with Crippen molar-refractivity contribution >= 4 is 5.97 Å². The van der Waals surface area contributed by atoms with Crippen molar-refractivity contribution in [2.24, 2.45) is 0 Å². The number of alkyl halides is 3. The molecule has 0 aliphatic carbocycles. The lowest BCUT2D eigenvalue weighted by molar-refractivity contribution is -0.274. The zero-order chi connectivity index (χ0) is 14.8. The summed E-state index contributed by atoms with van der Waals surface area (Å²) in [5.74, 6) is -1.19. The summed E-state index contributed by atoms with van der Waals surface area (Å²) < 4.78 is 40.3. The van der Waals surface area contributed by atoms with Crippen molar-refractivity contribution in [1.29, 1.82) is 0 Å². The molecule has 7 heteroatoms. The molecule has 0 aromatic heterocycles. The summed E-state index contributed by atoms with van der Waals surface area (Å²) in [6.07, 6.45) is -3.39. The second-order valence-corrected chi connectivity index (χ2v) is 4.66. The molecular weight excluding hydrogens is 275 g/mol. The van der Waals surface area contributed by atoms with Gasteiger partial charge in [-0.15, -0.1) is 13.2 Å². The molecule has 0 bridgehead atoms. The van der Waals surface area contributed by atoms with E-state index in [1.54, 1.807) is 11.0 Å². The molecule has 1 atom stereocenters. The zero-order valence-electron chi connectivity index (χ0n) is 10.6. The van der Waals surface area contributed by atoms with Crippen LogP contribution in [0.5, 0.6) is 5.75 Å². The zero-order valence-corrected chi connectivity index (χ0v) is 10.6. The minimum absolute atomic E-state index is 0.291. The lowest BCUT2D eigenvalue weighted by Crippen LogP contribution is -2.35. The van der Waals surface area contributed by atoms with E-state index in [0.717, 1.165) is 6.42 Å². The van der Waals surface area contributed by atoms with E-state index in [1.165, 1.54) is 18.2 Å². The fraction of sp³-hybridized carbons (Fsp3) is 0.462. The molecule has 4 nitrogen and oxygen atoms in total. The van der Waals surface area contributed by atoms with E-state index in [2.05, 4.69) is 4.74 Å². The van der Waals surface area contributed by atoms with Crippen molar-refractivity contribution < 1.29 is 27.8 Å². The quantitative estimate of drug-likeness (QED) is 0.925. The average Bonchev–Trinajstić information content (AvgIpc) is 2.75. The molecule has 1 heterocycles. The van der Waals surface area contributed by atoms with Gasteiger partial charge in [-0.05, 0) is 37.1 Å². The van der Waals surface area contributed by atoms with Crippen LogP contribution in [0.4, 0.5) is 13.2 Å². The molecule has 110 valence electrons. The molecule has 2 rings (SSSR count). The third-order valence-electron chi connectivity index (χ3n) is 3.17. The number of carboxylic acids is 1. The van der Waals surface area contributed by atoms with E-state index in [0.29, 0.717) is 25.1 Å². The number of carboxylic acid groups (broad SMARTS) is 1. The average molecular weight is 289 g/mol. The predicted molar refractivity (Wildman–Crippen MR) is 64.2 cm³/mol. The molecule has 0 saturated carbocycles. The van der Waals surface area contributed by atoms with E-state index in [4.69, 9.17) is 5.11 Å². The van der Waals surface area contributed by atoms with Gasteiger partial charge in [0.1, 0.15) is 11.8 Å². The normalized spacial score (nSPS) is 20.1. The molecule has 20 heavy (non-hydrogen) atoms. The first kappa shape index (κ1) is 14.6. The predicted octanol–water partition coefficient (Wildman–Crippen LogP) is 2.63. The van der Waals surface area contributed by atoms with Crippen molar-refractivity contribution in [1.82, 2.24) is 4.90 Å². The van der Waals surface area contributed by atoms with Gasteiger partial charge in [0.2, 0.25) is 0 Å². The van der Waals surface area contributed by atoms with Gasteiger partial charge in [0.25, 0.3) is 0 Å². The number of carbonyl (C=O) groups is 1. The van der Waals surface area contributed by atoms with E-state index < -0.39 is 18.4 Å².